The van der Waals surface area contributed by atoms with Crippen molar-refractivity contribution in [2.75, 3.05) is 9.62 Å². The van der Waals surface area contributed by atoms with E-state index in [0.717, 1.165) is 16.9 Å². The molecule has 1 atom stereocenters. The van der Waals surface area contributed by atoms with Crippen molar-refractivity contribution in [3.63, 3.8) is 0 Å². The van der Waals surface area contributed by atoms with Crippen LogP contribution < -0.4 is 9.62 Å². The molecule has 4 rings (SSSR count). The molecule has 144 valence electrons. The number of sulfonamides is 1. The largest absolute Gasteiger partial charge is 0.305 e. The molecule has 6 nitrogen and oxygen atoms in total. The number of nitrogens with zero attached hydrogens (tertiary/aromatic N) is 2. The summed E-state index contributed by atoms with van der Waals surface area (Å²) < 4.78 is 27.9. The molecular formula is C20H19N3O3S2. The fourth-order valence-electron chi connectivity index (χ4n) is 3.38. The van der Waals surface area contributed by atoms with Gasteiger partial charge >= 0.3 is 0 Å². The Balaban J connectivity index is 1.64. The molecule has 1 aliphatic rings. The Bertz CT molecular complexity index is 1140. The lowest BCUT2D eigenvalue weighted by Crippen LogP contribution is -2.35. The second-order valence-electron chi connectivity index (χ2n) is 6.78. The van der Waals surface area contributed by atoms with Crippen molar-refractivity contribution in [3.05, 3.63) is 70.7 Å². The first-order valence-corrected chi connectivity index (χ1v) is 11.2. The Morgan fingerprint density at radius 2 is 1.96 bits per heavy atom. The Labute approximate surface area is 167 Å². The van der Waals surface area contributed by atoms with E-state index in [-0.39, 0.29) is 16.8 Å². The standard InChI is InChI=1S/C20H19N3O3S2/c1-13-12-27-20(21-13)22-28(25,26)17-8-9-18-16(11-17)10-14(2)23(18)19(24)15-6-4-3-5-7-15/h3-9,11-12,14H,10H2,1-2H3,(H,21,22)/t14-/m1/s1. The monoisotopic (exact) mass is 413 g/mol. The number of carbonyl (C=O) groups is 1. The van der Waals surface area contributed by atoms with Crippen LogP contribution in [0.25, 0.3) is 0 Å². The van der Waals surface area contributed by atoms with Gasteiger partial charge in [-0.25, -0.2) is 13.4 Å². The molecule has 1 amide bonds. The van der Waals surface area contributed by atoms with Crippen molar-refractivity contribution >= 4 is 38.1 Å². The number of aryl methyl sites for hydroxylation is 1. The van der Waals surface area contributed by atoms with Gasteiger partial charge in [-0.15, -0.1) is 11.3 Å². The first-order valence-electron chi connectivity index (χ1n) is 8.81. The molecule has 1 aromatic heterocycles. The minimum absolute atomic E-state index is 0.0461. The molecule has 1 aliphatic heterocycles. The van der Waals surface area contributed by atoms with Crippen LogP contribution in [0.3, 0.4) is 0 Å². The number of aromatic nitrogens is 1. The van der Waals surface area contributed by atoms with Gasteiger partial charge in [0.05, 0.1) is 10.6 Å². The molecule has 0 fully saturated rings. The number of thiazole rings is 1. The van der Waals surface area contributed by atoms with Gasteiger partial charge in [0, 0.05) is 22.7 Å². The number of rotatable bonds is 4. The first kappa shape index (κ1) is 18.6. The molecule has 0 saturated carbocycles. The van der Waals surface area contributed by atoms with E-state index in [1.54, 1.807) is 34.5 Å². The molecule has 8 heteroatoms. The van der Waals surface area contributed by atoms with Gasteiger partial charge in [-0.05, 0) is 56.2 Å². The van der Waals surface area contributed by atoms with Crippen molar-refractivity contribution in [2.45, 2.75) is 31.2 Å². The summed E-state index contributed by atoms with van der Waals surface area (Å²) in [4.78, 5) is 19.0. The summed E-state index contributed by atoms with van der Waals surface area (Å²) in [5, 5.41) is 2.13. The number of benzene rings is 2. The molecule has 0 saturated heterocycles. The predicted octanol–water partition coefficient (Wildman–Crippen LogP) is 3.84. The Hall–Kier alpha value is -2.71. The number of hydrogen-bond donors (Lipinski definition) is 1. The Kier molecular flexibility index (Phi) is 4.68. The second kappa shape index (κ2) is 7.03. The van der Waals surface area contributed by atoms with Gasteiger partial charge in [0.15, 0.2) is 5.13 Å². The Morgan fingerprint density at radius 1 is 1.21 bits per heavy atom. The van der Waals surface area contributed by atoms with E-state index in [4.69, 9.17) is 0 Å². The van der Waals surface area contributed by atoms with Gasteiger partial charge in [0.2, 0.25) is 0 Å². The molecule has 0 bridgehead atoms. The molecule has 0 unspecified atom stereocenters. The highest BCUT2D eigenvalue weighted by molar-refractivity contribution is 7.93. The molecule has 2 aromatic carbocycles. The smallest absolute Gasteiger partial charge is 0.263 e. The lowest BCUT2D eigenvalue weighted by molar-refractivity contribution is 0.0981. The van der Waals surface area contributed by atoms with Crippen LogP contribution in [0.4, 0.5) is 10.8 Å². The highest BCUT2D eigenvalue weighted by Gasteiger charge is 2.32. The van der Waals surface area contributed by atoms with Crippen molar-refractivity contribution in [3.8, 4) is 0 Å². The van der Waals surface area contributed by atoms with Crippen LogP contribution in [-0.4, -0.2) is 25.4 Å². The summed E-state index contributed by atoms with van der Waals surface area (Å²) in [7, 11) is -3.73. The number of hydrogen-bond acceptors (Lipinski definition) is 5. The van der Waals surface area contributed by atoms with Crippen molar-refractivity contribution < 1.29 is 13.2 Å². The molecule has 28 heavy (non-hydrogen) atoms. The number of fused-ring (bicyclic) bond motifs is 1. The third-order valence-corrected chi connectivity index (χ3v) is 7.00. The van der Waals surface area contributed by atoms with Gasteiger partial charge < -0.3 is 4.90 Å². The molecule has 0 aliphatic carbocycles. The van der Waals surface area contributed by atoms with Crippen LogP contribution in [0.1, 0.15) is 28.5 Å². The topological polar surface area (TPSA) is 79.4 Å². The van der Waals surface area contributed by atoms with E-state index in [1.165, 1.54) is 17.4 Å². The van der Waals surface area contributed by atoms with Gasteiger partial charge in [-0.1, -0.05) is 18.2 Å². The van der Waals surface area contributed by atoms with Gasteiger partial charge in [0.1, 0.15) is 0 Å². The molecular weight excluding hydrogens is 394 g/mol. The minimum Gasteiger partial charge on any atom is -0.305 e. The SMILES string of the molecule is Cc1csc(NS(=O)(=O)c2ccc3c(c2)C[C@@H](C)N3C(=O)c2ccccc2)n1. The van der Waals surface area contributed by atoms with Gasteiger partial charge in [0.25, 0.3) is 15.9 Å². The van der Waals surface area contributed by atoms with Crippen LogP contribution in [0.5, 0.6) is 0 Å². The fourth-order valence-corrected chi connectivity index (χ4v) is 5.37. The number of anilines is 2. The van der Waals surface area contributed by atoms with Gasteiger partial charge in [-0.2, -0.15) is 0 Å². The first-order chi connectivity index (χ1) is 13.3. The summed E-state index contributed by atoms with van der Waals surface area (Å²) >= 11 is 1.24. The Morgan fingerprint density at radius 3 is 2.64 bits per heavy atom. The average molecular weight is 414 g/mol. The van der Waals surface area contributed by atoms with E-state index < -0.39 is 10.0 Å². The van der Waals surface area contributed by atoms with E-state index in [2.05, 4.69) is 9.71 Å². The zero-order valence-corrected chi connectivity index (χ0v) is 17.0. The molecule has 3 aromatic rings. The van der Waals surface area contributed by atoms with Gasteiger partial charge in [-0.3, -0.25) is 9.52 Å². The number of nitrogens with one attached hydrogen (secondary N) is 1. The summed E-state index contributed by atoms with van der Waals surface area (Å²) in [5.41, 5.74) is 2.97. The summed E-state index contributed by atoms with van der Waals surface area (Å²) in [5.74, 6) is -0.0844. The maximum Gasteiger partial charge on any atom is 0.263 e. The maximum atomic E-state index is 12.9. The van der Waals surface area contributed by atoms with E-state index in [1.807, 2.05) is 32.0 Å². The number of amides is 1. The maximum absolute atomic E-state index is 12.9. The predicted molar refractivity (Wildman–Crippen MR) is 111 cm³/mol. The summed E-state index contributed by atoms with van der Waals surface area (Å²) in [6.45, 7) is 3.77. The van der Waals surface area contributed by atoms with E-state index in [9.17, 15) is 13.2 Å². The van der Waals surface area contributed by atoms with Crippen LogP contribution in [0.2, 0.25) is 0 Å². The number of carbonyl (C=O) groups excluding carboxylic acids is 1. The molecule has 0 spiro atoms. The quantitative estimate of drug-likeness (QED) is 0.705. The van der Waals surface area contributed by atoms with Crippen LogP contribution in [0, 0.1) is 6.92 Å². The van der Waals surface area contributed by atoms with Crippen LogP contribution >= 0.6 is 11.3 Å². The lowest BCUT2D eigenvalue weighted by Gasteiger charge is -2.23. The van der Waals surface area contributed by atoms with Crippen LogP contribution in [-0.2, 0) is 16.4 Å². The van der Waals surface area contributed by atoms with Crippen LogP contribution in [0.15, 0.2) is 58.8 Å². The lowest BCUT2D eigenvalue weighted by atomic mass is 10.1. The van der Waals surface area contributed by atoms with Crippen molar-refractivity contribution in [1.29, 1.82) is 0 Å². The average Bonchev–Trinajstić information content (AvgIpc) is 3.22. The third-order valence-electron chi connectivity index (χ3n) is 4.66. The molecule has 1 N–H and O–H groups in total. The zero-order chi connectivity index (χ0) is 19.9. The zero-order valence-electron chi connectivity index (χ0n) is 15.4. The third kappa shape index (κ3) is 3.41. The molecule has 2 heterocycles. The minimum atomic E-state index is -3.73. The summed E-state index contributed by atoms with van der Waals surface area (Å²) in [6.07, 6.45) is 0.605. The second-order valence-corrected chi connectivity index (χ2v) is 9.32. The van der Waals surface area contributed by atoms with E-state index >= 15 is 0 Å². The summed E-state index contributed by atoms with van der Waals surface area (Å²) in [6, 6.07) is 13.9. The van der Waals surface area contributed by atoms with Crippen molar-refractivity contribution in [2.24, 2.45) is 0 Å². The fraction of sp³-hybridized carbons (Fsp3) is 0.200. The normalized spacial score (nSPS) is 16.1. The van der Waals surface area contributed by atoms with Crippen molar-refractivity contribution in [1.82, 2.24) is 4.98 Å². The highest BCUT2D eigenvalue weighted by atomic mass is 32.2. The highest BCUT2D eigenvalue weighted by Crippen LogP contribution is 2.35. The molecule has 0 radical (unpaired) electrons. The van der Waals surface area contributed by atoms with E-state index in [0.29, 0.717) is 17.1 Å².